The molecule has 2 heterocycles. The monoisotopic (exact) mass is 122 g/mol. The van der Waals surface area contributed by atoms with Crippen molar-refractivity contribution in [1.82, 2.24) is 9.38 Å². The summed E-state index contributed by atoms with van der Waals surface area (Å²) in [6.07, 6.45) is 7.31. The topological polar surface area (TPSA) is 17.3 Å². The molecule has 2 rings (SSSR count). The lowest BCUT2D eigenvalue weighted by molar-refractivity contribution is 1.22. The van der Waals surface area contributed by atoms with Crippen LogP contribution in [0.15, 0.2) is 11.6 Å². The zero-order valence-corrected chi connectivity index (χ0v) is 4.77. The molecule has 0 fully saturated rings. The molecule has 0 saturated heterocycles. The highest BCUT2D eigenvalue weighted by Crippen LogP contribution is 2.05. The molecule has 8 heavy (non-hydrogen) atoms. The van der Waals surface area contributed by atoms with Crippen LogP contribution in [0.4, 0.5) is 0 Å². The van der Waals surface area contributed by atoms with Crippen LogP contribution >= 0.6 is 11.3 Å². The van der Waals surface area contributed by atoms with E-state index < -0.39 is 0 Å². The number of imidazole rings is 1. The van der Waals surface area contributed by atoms with Crippen molar-refractivity contribution in [1.29, 1.82) is 0 Å². The zero-order valence-electron chi connectivity index (χ0n) is 3.96. The Bertz CT molecular complexity index is 232. The van der Waals surface area contributed by atoms with Gasteiger partial charge in [-0.2, -0.15) is 0 Å². The van der Waals surface area contributed by atoms with Crippen LogP contribution in [0, 0.1) is 12.4 Å². The normalized spacial score (nSPS) is 10.5. The fourth-order valence-electron chi connectivity index (χ4n) is 0.565. The van der Waals surface area contributed by atoms with Gasteiger partial charge in [0.05, 0.1) is 0 Å². The number of rotatable bonds is 0. The predicted molar refractivity (Wildman–Crippen MR) is 30.7 cm³/mol. The van der Waals surface area contributed by atoms with Crippen molar-refractivity contribution in [2.24, 2.45) is 0 Å². The van der Waals surface area contributed by atoms with Gasteiger partial charge in [0.25, 0.3) is 0 Å². The number of fused-ring (bicyclic) bond motifs is 1. The molecule has 0 amide bonds. The van der Waals surface area contributed by atoms with Gasteiger partial charge in [-0.1, -0.05) is 0 Å². The van der Waals surface area contributed by atoms with E-state index in [0.717, 1.165) is 4.96 Å². The van der Waals surface area contributed by atoms with E-state index in [0.29, 0.717) is 0 Å². The van der Waals surface area contributed by atoms with Crippen LogP contribution < -0.4 is 0 Å². The molecule has 0 atom stereocenters. The molecular formula is C5H2N2S. The van der Waals surface area contributed by atoms with Crippen LogP contribution in [0.3, 0.4) is 0 Å². The van der Waals surface area contributed by atoms with Gasteiger partial charge in [0.15, 0.2) is 4.96 Å². The Labute approximate surface area is 50.4 Å². The molecule has 0 saturated carbocycles. The minimum Gasteiger partial charge on any atom is -0.288 e. The van der Waals surface area contributed by atoms with Gasteiger partial charge < -0.3 is 0 Å². The van der Waals surface area contributed by atoms with E-state index in [9.17, 15) is 0 Å². The Hall–Kier alpha value is -0.830. The van der Waals surface area contributed by atoms with Gasteiger partial charge in [-0.25, -0.2) is 4.98 Å². The quantitative estimate of drug-likeness (QED) is 0.509. The molecule has 38 valence electrons. The molecule has 2 aromatic heterocycles. The summed E-state index contributed by atoms with van der Waals surface area (Å²) in [5.74, 6) is 0. The maximum absolute atomic E-state index is 3.88. The predicted octanol–water partition coefficient (Wildman–Crippen LogP) is 0.996. The third kappa shape index (κ3) is 0.391. The Morgan fingerprint density at radius 2 is 2.75 bits per heavy atom. The first-order valence-corrected chi connectivity index (χ1v) is 3.06. The number of hydrogen-bond acceptors (Lipinski definition) is 2. The van der Waals surface area contributed by atoms with Crippen LogP contribution in [0.5, 0.6) is 0 Å². The van der Waals surface area contributed by atoms with Crippen molar-refractivity contribution in [2.75, 3.05) is 0 Å². The maximum Gasteiger partial charge on any atom is 0.194 e. The molecule has 3 heteroatoms. The van der Waals surface area contributed by atoms with E-state index in [1.807, 2.05) is 16.0 Å². The Morgan fingerprint density at radius 1 is 1.75 bits per heavy atom. The highest BCUT2D eigenvalue weighted by atomic mass is 32.1. The second-order valence-electron chi connectivity index (χ2n) is 1.39. The molecule has 0 aromatic carbocycles. The summed E-state index contributed by atoms with van der Waals surface area (Å²) in [5.41, 5.74) is 0. The molecule has 0 aliphatic carbocycles. The summed E-state index contributed by atoms with van der Waals surface area (Å²) in [6.45, 7) is 0. The Balaban J connectivity index is 3.06. The van der Waals surface area contributed by atoms with Crippen LogP contribution in [-0.4, -0.2) is 9.38 Å². The van der Waals surface area contributed by atoms with Crippen molar-refractivity contribution < 1.29 is 0 Å². The van der Waals surface area contributed by atoms with Crippen molar-refractivity contribution in [2.45, 2.75) is 0 Å². The minimum atomic E-state index is 0.949. The fourth-order valence-corrected chi connectivity index (χ4v) is 1.19. The van der Waals surface area contributed by atoms with Crippen molar-refractivity contribution in [3.8, 4) is 0 Å². The van der Waals surface area contributed by atoms with E-state index in [4.69, 9.17) is 0 Å². The molecule has 0 aliphatic rings. The molecule has 0 N–H and O–H groups in total. The SMILES string of the molecule is [c]1[c]n2ccsc2n1. The first-order valence-electron chi connectivity index (χ1n) is 2.18. The van der Waals surface area contributed by atoms with Crippen molar-refractivity contribution >= 4 is 16.3 Å². The number of nitrogens with zero attached hydrogens (tertiary/aromatic N) is 2. The number of aromatic nitrogens is 2. The van der Waals surface area contributed by atoms with Crippen LogP contribution in [0.1, 0.15) is 0 Å². The maximum atomic E-state index is 3.88. The van der Waals surface area contributed by atoms with Gasteiger partial charge in [0.2, 0.25) is 0 Å². The molecule has 2 aromatic rings. The van der Waals surface area contributed by atoms with Gasteiger partial charge in [-0.05, 0) is 0 Å². The molecule has 0 aliphatic heterocycles. The van der Waals surface area contributed by atoms with Gasteiger partial charge in [0.1, 0.15) is 12.4 Å². The average molecular weight is 122 g/mol. The number of hydrogen-bond donors (Lipinski definition) is 0. The highest BCUT2D eigenvalue weighted by molar-refractivity contribution is 7.15. The average Bonchev–Trinajstić information content (AvgIpc) is 2.15. The molecule has 0 unspecified atom stereocenters. The minimum absolute atomic E-state index is 0.949. The van der Waals surface area contributed by atoms with Crippen LogP contribution in [0.25, 0.3) is 4.96 Å². The summed E-state index contributed by atoms with van der Waals surface area (Å²) in [4.78, 5) is 4.83. The summed E-state index contributed by atoms with van der Waals surface area (Å²) in [5, 5.41) is 1.96. The summed E-state index contributed by atoms with van der Waals surface area (Å²) in [7, 11) is 0. The van der Waals surface area contributed by atoms with Crippen LogP contribution in [0.2, 0.25) is 0 Å². The third-order valence-corrected chi connectivity index (χ3v) is 1.67. The van der Waals surface area contributed by atoms with Gasteiger partial charge >= 0.3 is 0 Å². The Kier molecular flexibility index (Phi) is 0.676. The second kappa shape index (κ2) is 1.32. The Morgan fingerprint density at radius 3 is 3.62 bits per heavy atom. The molecule has 2 radical (unpaired) electrons. The summed E-state index contributed by atoms with van der Waals surface area (Å²) >= 11 is 1.58. The van der Waals surface area contributed by atoms with Crippen LogP contribution in [-0.2, 0) is 0 Å². The first-order chi connectivity index (χ1) is 3.97. The van der Waals surface area contributed by atoms with E-state index in [-0.39, 0.29) is 0 Å². The van der Waals surface area contributed by atoms with E-state index in [1.165, 1.54) is 0 Å². The molecule has 2 nitrogen and oxygen atoms in total. The van der Waals surface area contributed by atoms with E-state index >= 15 is 0 Å². The summed E-state index contributed by atoms with van der Waals surface area (Å²) < 4.78 is 1.81. The lowest BCUT2D eigenvalue weighted by Gasteiger charge is -1.70. The fraction of sp³-hybridized carbons (Fsp3) is 0. The second-order valence-corrected chi connectivity index (χ2v) is 2.26. The lowest BCUT2D eigenvalue weighted by Crippen LogP contribution is -1.67. The number of thiazole rings is 1. The van der Waals surface area contributed by atoms with Gasteiger partial charge in [-0.15, -0.1) is 11.3 Å². The molecule has 0 spiro atoms. The zero-order chi connectivity index (χ0) is 5.40. The van der Waals surface area contributed by atoms with Gasteiger partial charge in [-0.3, -0.25) is 4.40 Å². The molecular weight excluding hydrogens is 120 g/mol. The van der Waals surface area contributed by atoms with Gasteiger partial charge in [0, 0.05) is 11.6 Å². The van der Waals surface area contributed by atoms with Crippen molar-refractivity contribution in [3.63, 3.8) is 0 Å². The largest absolute Gasteiger partial charge is 0.288 e. The summed E-state index contributed by atoms with van der Waals surface area (Å²) in [6, 6.07) is 0. The smallest absolute Gasteiger partial charge is 0.194 e. The lowest BCUT2D eigenvalue weighted by atomic mass is 10.9. The van der Waals surface area contributed by atoms with Crippen molar-refractivity contribution in [3.05, 3.63) is 24.0 Å². The first kappa shape index (κ1) is 4.09. The van der Waals surface area contributed by atoms with E-state index in [2.05, 4.69) is 17.4 Å². The third-order valence-electron chi connectivity index (χ3n) is 0.911. The van der Waals surface area contributed by atoms with E-state index in [1.54, 1.807) is 11.3 Å². The molecule has 0 bridgehead atoms. The highest BCUT2D eigenvalue weighted by Gasteiger charge is 1.90. The standard InChI is InChI=1S/C5H2N2S/c1-2-7-3-4-8-5(7)6-1/h3-4H.